The summed E-state index contributed by atoms with van der Waals surface area (Å²) in [5.41, 5.74) is 0.857. The van der Waals surface area contributed by atoms with Gasteiger partial charge in [0, 0.05) is 6.54 Å². The van der Waals surface area contributed by atoms with Crippen LogP contribution in [0.25, 0.3) is 0 Å². The third kappa shape index (κ3) is 3.48. The van der Waals surface area contributed by atoms with Crippen LogP contribution in [0, 0.1) is 0 Å². The van der Waals surface area contributed by atoms with Crippen LogP contribution < -0.4 is 20.1 Å². The first kappa shape index (κ1) is 15.9. The summed E-state index contributed by atoms with van der Waals surface area (Å²) in [6.07, 6.45) is 0.582. The van der Waals surface area contributed by atoms with E-state index in [-0.39, 0.29) is 18.2 Å². The average Bonchev–Trinajstić information content (AvgIpc) is 3.23. The largest absolute Gasteiger partial charge is 0.493 e. The monoisotopic (exact) mass is 330 g/mol. The number of hydrogen-bond donors (Lipinski definition) is 3. The lowest BCUT2D eigenvalue weighted by Crippen LogP contribution is -2.40. The number of ether oxygens (including phenoxy) is 2. The van der Waals surface area contributed by atoms with Crippen molar-refractivity contribution in [2.75, 3.05) is 13.7 Å². The highest BCUT2D eigenvalue weighted by atomic mass is 16.5. The van der Waals surface area contributed by atoms with Crippen molar-refractivity contribution in [3.8, 4) is 11.5 Å². The molecular formula is C16H18N4O4. The molecule has 0 radical (unpaired) electrons. The molecule has 8 heteroatoms. The van der Waals surface area contributed by atoms with Gasteiger partial charge in [0.15, 0.2) is 11.5 Å². The quantitative estimate of drug-likeness (QED) is 0.720. The second-order valence-corrected chi connectivity index (χ2v) is 5.32. The van der Waals surface area contributed by atoms with E-state index in [1.54, 1.807) is 25.3 Å². The Morgan fingerprint density at radius 2 is 2.17 bits per heavy atom. The van der Waals surface area contributed by atoms with Gasteiger partial charge >= 0.3 is 0 Å². The maximum absolute atomic E-state index is 12.1. The molecule has 8 nitrogen and oxygen atoms in total. The van der Waals surface area contributed by atoms with Gasteiger partial charge < -0.3 is 20.1 Å². The number of carbonyl (C=O) groups excluding carboxylic acids is 2. The minimum atomic E-state index is -0.498. The number of hydrogen-bond acceptors (Lipinski definition) is 5. The number of carbonyl (C=O) groups is 2. The van der Waals surface area contributed by atoms with E-state index >= 15 is 0 Å². The summed E-state index contributed by atoms with van der Waals surface area (Å²) >= 11 is 0. The zero-order valence-electron chi connectivity index (χ0n) is 13.2. The summed E-state index contributed by atoms with van der Waals surface area (Å²) in [4.78, 5) is 23.6. The highest BCUT2D eigenvalue weighted by Gasteiger charge is 2.26. The molecule has 2 heterocycles. The van der Waals surface area contributed by atoms with Gasteiger partial charge in [-0.25, -0.2) is 0 Å². The summed E-state index contributed by atoms with van der Waals surface area (Å²) in [5.74, 6) is 0.668. The van der Waals surface area contributed by atoms with Crippen molar-refractivity contribution in [1.29, 1.82) is 0 Å². The molecule has 0 aliphatic carbocycles. The fourth-order valence-electron chi connectivity index (χ4n) is 2.41. The lowest BCUT2D eigenvalue weighted by Gasteiger charge is -2.09. The molecule has 24 heavy (non-hydrogen) atoms. The number of H-pyrrole nitrogens is 1. The molecule has 1 aromatic heterocycles. The predicted octanol–water partition coefficient (Wildman–Crippen LogP) is 0.616. The van der Waals surface area contributed by atoms with E-state index in [1.807, 2.05) is 12.1 Å². The molecule has 2 amide bonds. The van der Waals surface area contributed by atoms with Crippen molar-refractivity contribution in [3.63, 3.8) is 0 Å². The SMILES string of the molecule is COc1ccccc1OCc1cc(C(=O)N[C@@H]2CCNC2=O)n[nH]1. The summed E-state index contributed by atoms with van der Waals surface area (Å²) in [6, 6.07) is 8.38. The normalized spacial score (nSPS) is 16.5. The number of amides is 2. The van der Waals surface area contributed by atoms with Gasteiger partial charge in [-0.2, -0.15) is 5.10 Å². The molecule has 1 atom stereocenters. The van der Waals surface area contributed by atoms with Crippen LogP contribution in [0.15, 0.2) is 30.3 Å². The fraction of sp³-hybridized carbons (Fsp3) is 0.312. The first-order valence-electron chi connectivity index (χ1n) is 7.56. The number of aromatic amines is 1. The van der Waals surface area contributed by atoms with Crippen LogP contribution in [0.2, 0.25) is 0 Å². The highest BCUT2D eigenvalue weighted by molar-refractivity contribution is 5.96. The van der Waals surface area contributed by atoms with Crippen LogP contribution in [-0.4, -0.2) is 41.7 Å². The van der Waals surface area contributed by atoms with E-state index in [0.717, 1.165) is 0 Å². The lowest BCUT2D eigenvalue weighted by atomic mass is 10.2. The fourth-order valence-corrected chi connectivity index (χ4v) is 2.41. The van der Waals surface area contributed by atoms with Gasteiger partial charge in [-0.3, -0.25) is 14.7 Å². The first-order chi connectivity index (χ1) is 11.7. The molecule has 0 spiro atoms. The number of benzene rings is 1. The van der Waals surface area contributed by atoms with Crippen molar-refractivity contribution in [2.45, 2.75) is 19.1 Å². The smallest absolute Gasteiger partial charge is 0.272 e. The van der Waals surface area contributed by atoms with E-state index in [4.69, 9.17) is 9.47 Å². The Morgan fingerprint density at radius 3 is 2.88 bits per heavy atom. The predicted molar refractivity (Wildman–Crippen MR) is 84.8 cm³/mol. The number of methoxy groups -OCH3 is 1. The van der Waals surface area contributed by atoms with Crippen molar-refractivity contribution in [1.82, 2.24) is 20.8 Å². The minimum absolute atomic E-state index is 0.168. The molecule has 1 saturated heterocycles. The van der Waals surface area contributed by atoms with Crippen molar-refractivity contribution in [3.05, 3.63) is 41.7 Å². The van der Waals surface area contributed by atoms with Crippen LogP contribution >= 0.6 is 0 Å². The molecule has 1 aliphatic heterocycles. The van der Waals surface area contributed by atoms with Gasteiger partial charge in [0.2, 0.25) is 5.91 Å². The van der Waals surface area contributed by atoms with Crippen LogP contribution in [-0.2, 0) is 11.4 Å². The third-order valence-corrected chi connectivity index (χ3v) is 3.67. The standard InChI is InChI=1S/C16H18N4O4/c1-23-13-4-2-3-5-14(13)24-9-10-8-12(20-19-10)16(22)18-11-6-7-17-15(11)21/h2-5,8,11H,6-7,9H2,1H3,(H,17,21)(H,18,22)(H,19,20)/t11-/m1/s1. The van der Waals surface area contributed by atoms with E-state index in [0.29, 0.717) is 30.2 Å². The molecule has 0 unspecified atom stereocenters. The minimum Gasteiger partial charge on any atom is -0.493 e. The van der Waals surface area contributed by atoms with Crippen LogP contribution in [0.5, 0.6) is 11.5 Å². The van der Waals surface area contributed by atoms with Gasteiger partial charge in [0.25, 0.3) is 5.91 Å². The number of nitrogens with zero attached hydrogens (tertiary/aromatic N) is 1. The lowest BCUT2D eigenvalue weighted by molar-refractivity contribution is -0.120. The van der Waals surface area contributed by atoms with E-state index in [1.165, 1.54) is 0 Å². The summed E-state index contributed by atoms with van der Waals surface area (Å²) in [7, 11) is 1.57. The molecule has 3 rings (SSSR count). The van der Waals surface area contributed by atoms with Crippen molar-refractivity contribution in [2.24, 2.45) is 0 Å². The summed E-state index contributed by atoms with van der Waals surface area (Å²) < 4.78 is 10.9. The molecule has 1 aliphatic rings. The zero-order chi connectivity index (χ0) is 16.9. The first-order valence-corrected chi connectivity index (χ1v) is 7.56. The van der Waals surface area contributed by atoms with Crippen LogP contribution in [0.3, 0.4) is 0 Å². The molecule has 1 aromatic carbocycles. The second kappa shape index (κ2) is 7.03. The van der Waals surface area contributed by atoms with Gasteiger partial charge in [0.05, 0.1) is 12.8 Å². The molecule has 0 bridgehead atoms. The van der Waals surface area contributed by atoms with Crippen molar-refractivity contribution < 1.29 is 19.1 Å². The Balaban J connectivity index is 1.59. The van der Waals surface area contributed by atoms with E-state index in [9.17, 15) is 9.59 Å². The second-order valence-electron chi connectivity index (χ2n) is 5.32. The zero-order valence-corrected chi connectivity index (χ0v) is 13.2. The highest BCUT2D eigenvalue weighted by Crippen LogP contribution is 2.26. The van der Waals surface area contributed by atoms with Crippen LogP contribution in [0.1, 0.15) is 22.6 Å². The Bertz CT molecular complexity index is 743. The maximum Gasteiger partial charge on any atom is 0.272 e. The maximum atomic E-state index is 12.1. The number of aromatic nitrogens is 2. The Morgan fingerprint density at radius 1 is 1.38 bits per heavy atom. The molecular weight excluding hydrogens is 312 g/mol. The third-order valence-electron chi connectivity index (χ3n) is 3.67. The number of rotatable bonds is 6. The summed E-state index contributed by atoms with van der Waals surface area (Å²) in [5, 5.41) is 12.0. The Hall–Kier alpha value is -3.03. The molecule has 3 N–H and O–H groups in total. The van der Waals surface area contributed by atoms with Gasteiger partial charge in [-0.15, -0.1) is 0 Å². The van der Waals surface area contributed by atoms with Crippen molar-refractivity contribution >= 4 is 11.8 Å². The molecule has 0 saturated carbocycles. The van der Waals surface area contributed by atoms with E-state index < -0.39 is 11.9 Å². The number of para-hydroxylation sites is 2. The van der Waals surface area contributed by atoms with Crippen LogP contribution in [0.4, 0.5) is 0 Å². The topological polar surface area (TPSA) is 105 Å². The van der Waals surface area contributed by atoms with Gasteiger partial charge in [-0.05, 0) is 24.6 Å². The Kier molecular flexibility index (Phi) is 4.64. The summed E-state index contributed by atoms with van der Waals surface area (Å²) in [6.45, 7) is 0.785. The number of nitrogens with one attached hydrogen (secondary N) is 3. The van der Waals surface area contributed by atoms with E-state index in [2.05, 4.69) is 20.8 Å². The molecule has 1 fully saturated rings. The molecule has 126 valence electrons. The Labute approximate surface area is 138 Å². The molecule has 2 aromatic rings. The van der Waals surface area contributed by atoms with Gasteiger partial charge in [0.1, 0.15) is 18.3 Å². The van der Waals surface area contributed by atoms with Gasteiger partial charge in [-0.1, -0.05) is 12.1 Å². The average molecular weight is 330 g/mol.